The van der Waals surface area contributed by atoms with Crippen LogP contribution in [0.25, 0.3) is 0 Å². The van der Waals surface area contributed by atoms with Gasteiger partial charge in [0, 0.05) is 20.1 Å². The molecule has 0 saturated carbocycles. The normalized spacial score (nSPS) is 23.8. The van der Waals surface area contributed by atoms with Crippen LogP contribution in [0.15, 0.2) is 6.20 Å². The van der Waals surface area contributed by atoms with E-state index < -0.39 is 0 Å². The fraction of sp³-hybridized carbons (Fsp3) is 0.733. The molecule has 112 valence electrons. The van der Waals surface area contributed by atoms with Crippen LogP contribution >= 0.6 is 0 Å². The van der Waals surface area contributed by atoms with Gasteiger partial charge in [-0.1, -0.05) is 13.8 Å². The van der Waals surface area contributed by atoms with Crippen molar-refractivity contribution in [3.8, 4) is 0 Å². The van der Waals surface area contributed by atoms with E-state index in [9.17, 15) is 4.79 Å². The molecule has 1 fully saturated rings. The van der Waals surface area contributed by atoms with Gasteiger partial charge in [0.05, 0.1) is 18.5 Å². The fourth-order valence-corrected chi connectivity index (χ4v) is 2.73. The van der Waals surface area contributed by atoms with Gasteiger partial charge in [0.15, 0.2) is 0 Å². The number of hydrogen-bond donors (Lipinski definition) is 0. The number of aromatic nitrogens is 2. The quantitative estimate of drug-likeness (QED) is 0.792. The molecule has 1 aromatic heterocycles. The molecule has 0 bridgehead atoms. The highest BCUT2D eigenvalue weighted by Gasteiger charge is 2.25. The van der Waals surface area contributed by atoms with Crippen molar-refractivity contribution in [2.45, 2.75) is 33.7 Å². The molecule has 5 nitrogen and oxygen atoms in total. The van der Waals surface area contributed by atoms with Crippen LogP contribution in [-0.4, -0.2) is 40.3 Å². The Hall–Kier alpha value is -1.36. The summed E-state index contributed by atoms with van der Waals surface area (Å²) in [6.45, 7) is 9.75. The van der Waals surface area contributed by atoms with Gasteiger partial charge >= 0.3 is 5.97 Å². The minimum absolute atomic E-state index is 0.269. The Morgan fingerprint density at radius 1 is 1.45 bits per heavy atom. The SMILES string of the molecule is CCOC(=O)c1cnn(C)c1CN1CCC(C)C(C)C1. The predicted molar refractivity (Wildman–Crippen MR) is 77.4 cm³/mol. The number of esters is 1. The molecule has 1 aliphatic rings. The first-order valence-corrected chi connectivity index (χ1v) is 7.43. The number of nitrogens with zero attached hydrogens (tertiary/aromatic N) is 3. The zero-order valence-electron chi connectivity index (χ0n) is 12.9. The molecule has 2 unspecified atom stereocenters. The van der Waals surface area contributed by atoms with Crippen molar-refractivity contribution in [2.24, 2.45) is 18.9 Å². The molecule has 0 radical (unpaired) electrons. The van der Waals surface area contributed by atoms with Crippen LogP contribution in [0.3, 0.4) is 0 Å². The Labute approximate surface area is 120 Å². The number of ether oxygens (including phenoxy) is 1. The zero-order chi connectivity index (χ0) is 14.7. The van der Waals surface area contributed by atoms with Crippen molar-refractivity contribution in [3.63, 3.8) is 0 Å². The number of likely N-dealkylation sites (tertiary alicyclic amines) is 1. The third-order valence-electron chi connectivity index (χ3n) is 4.35. The van der Waals surface area contributed by atoms with Crippen LogP contribution < -0.4 is 0 Å². The molecule has 2 atom stereocenters. The largest absolute Gasteiger partial charge is 0.462 e. The monoisotopic (exact) mass is 279 g/mol. The Kier molecular flexibility index (Phi) is 4.81. The Bertz CT molecular complexity index is 470. The molecule has 0 aromatic carbocycles. The van der Waals surface area contributed by atoms with E-state index >= 15 is 0 Å². The highest BCUT2D eigenvalue weighted by molar-refractivity contribution is 5.90. The molecule has 2 rings (SSSR count). The van der Waals surface area contributed by atoms with E-state index in [4.69, 9.17) is 4.74 Å². The van der Waals surface area contributed by atoms with Crippen molar-refractivity contribution in [1.29, 1.82) is 0 Å². The van der Waals surface area contributed by atoms with Crippen LogP contribution in [0.2, 0.25) is 0 Å². The van der Waals surface area contributed by atoms with Crippen molar-refractivity contribution in [2.75, 3.05) is 19.7 Å². The van der Waals surface area contributed by atoms with Crippen molar-refractivity contribution in [1.82, 2.24) is 14.7 Å². The van der Waals surface area contributed by atoms with E-state index in [0.717, 1.165) is 31.2 Å². The van der Waals surface area contributed by atoms with Gasteiger partial charge in [-0.15, -0.1) is 0 Å². The minimum atomic E-state index is -0.269. The number of piperidine rings is 1. The van der Waals surface area contributed by atoms with Crippen molar-refractivity contribution in [3.05, 3.63) is 17.5 Å². The lowest BCUT2D eigenvalue weighted by molar-refractivity contribution is 0.0522. The summed E-state index contributed by atoms with van der Waals surface area (Å²) < 4.78 is 6.89. The van der Waals surface area contributed by atoms with Gasteiger partial charge in [0.2, 0.25) is 0 Å². The molecule has 2 heterocycles. The number of carbonyl (C=O) groups excluding carboxylic acids is 1. The minimum Gasteiger partial charge on any atom is -0.462 e. The van der Waals surface area contributed by atoms with Gasteiger partial charge in [-0.3, -0.25) is 9.58 Å². The van der Waals surface area contributed by atoms with Gasteiger partial charge in [0.25, 0.3) is 0 Å². The first-order chi connectivity index (χ1) is 9.52. The Balaban J connectivity index is 2.09. The highest BCUT2D eigenvalue weighted by Crippen LogP contribution is 2.24. The van der Waals surface area contributed by atoms with E-state index in [1.54, 1.807) is 10.9 Å². The van der Waals surface area contributed by atoms with Gasteiger partial charge in [-0.25, -0.2) is 4.79 Å². The third-order valence-corrected chi connectivity index (χ3v) is 4.35. The van der Waals surface area contributed by atoms with Gasteiger partial charge in [0.1, 0.15) is 5.56 Å². The molecule has 20 heavy (non-hydrogen) atoms. The third kappa shape index (κ3) is 3.20. The maximum atomic E-state index is 11.9. The molecule has 1 saturated heterocycles. The fourth-order valence-electron chi connectivity index (χ4n) is 2.73. The maximum Gasteiger partial charge on any atom is 0.341 e. The number of aryl methyl sites for hydroxylation is 1. The first-order valence-electron chi connectivity index (χ1n) is 7.43. The standard InChI is InChI=1S/C15H25N3O2/c1-5-20-15(19)13-8-16-17(4)14(13)10-18-7-6-11(2)12(3)9-18/h8,11-12H,5-7,9-10H2,1-4H3. The Morgan fingerprint density at radius 2 is 2.20 bits per heavy atom. The molecule has 0 amide bonds. The summed E-state index contributed by atoms with van der Waals surface area (Å²) in [5, 5.41) is 4.21. The molecule has 1 aromatic rings. The lowest BCUT2D eigenvalue weighted by Crippen LogP contribution is -2.38. The van der Waals surface area contributed by atoms with Crippen LogP contribution in [-0.2, 0) is 18.3 Å². The number of hydrogen-bond acceptors (Lipinski definition) is 4. The number of carbonyl (C=O) groups is 1. The van der Waals surface area contributed by atoms with E-state index in [1.807, 2.05) is 14.0 Å². The summed E-state index contributed by atoms with van der Waals surface area (Å²) in [7, 11) is 1.88. The van der Waals surface area contributed by atoms with Crippen LogP contribution in [0.4, 0.5) is 0 Å². The van der Waals surface area contributed by atoms with E-state index in [1.165, 1.54) is 6.42 Å². The summed E-state index contributed by atoms with van der Waals surface area (Å²) in [4.78, 5) is 14.3. The van der Waals surface area contributed by atoms with Gasteiger partial charge in [-0.2, -0.15) is 5.10 Å². The molecule has 1 aliphatic heterocycles. The van der Waals surface area contributed by atoms with Crippen LogP contribution in [0.1, 0.15) is 43.2 Å². The molecule has 0 aliphatic carbocycles. The Morgan fingerprint density at radius 3 is 2.85 bits per heavy atom. The second kappa shape index (κ2) is 6.39. The van der Waals surface area contributed by atoms with E-state index in [0.29, 0.717) is 18.1 Å². The lowest BCUT2D eigenvalue weighted by Gasteiger charge is -2.35. The van der Waals surface area contributed by atoms with Gasteiger partial charge in [-0.05, 0) is 31.7 Å². The molecule has 0 N–H and O–H groups in total. The lowest BCUT2D eigenvalue weighted by atomic mass is 9.88. The summed E-state index contributed by atoms with van der Waals surface area (Å²) in [5.74, 6) is 1.21. The zero-order valence-corrected chi connectivity index (χ0v) is 12.9. The second-order valence-corrected chi connectivity index (χ2v) is 5.83. The average Bonchev–Trinajstić information content (AvgIpc) is 2.76. The summed E-state index contributed by atoms with van der Waals surface area (Å²) in [6.07, 6.45) is 2.83. The van der Waals surface area contributed by atoms with Crippen molar-refractivity contribution < 1.29 is 9.53 Å². The molecular formula is C15H25N3O2. The van der Waals surface area contributed by atoms with Crippen LogP contribution in [0.5, 0.6) is 0 Å². The molecule has 0 spiro atoms. The average molecular weight is 279 g/mol. The van der Waals surface area contributed by atoms with Gasteiger partial charge < -0.3 is 4.74 Å². The maximum absolute atomic E-state index is 11.9. The summed E-state index contributed by atoms with van der Waals surface area (Å²) in [5.41, 5.74) is 1.55. The smallest absolute Gasteiger partial charge is 0.341 e. The summed E-state index contributed by atoms with van der Waals surface area (Å²) >= 11 is 0. The molecule has 5 heteroatoms. The highest BCUT2D eigenvalue weighted by atomic mass is 16.5. The first kappa shape index (κ1) is 15.0. The number of rotatable bonds is 4. The van der Waals surface area contributed by atoms with Crippen molar-refractivity contribution >= 4 is 5.97 Å². The predicted octanol–water partition coefficient (Wildman–Crippen LogP) is 2.07. The molecular weight excluding hydrogens is 254 g/mol. The van der Waals surface area contributed by atoms with Crippen LogP contribution in [0, 0.1) is 11.8 Å². The van der Waals surface area contributed by atoms with E-state index in [2.05, 4.69) is 23.8 Å². The summed E-state index contributed by atoms with van der Waals surface area (Å²) in [6, 6.07) is 0. The second-order valence-electron chi connectivity index (χ2n) is 5.83. The topological polar surface area (TPSA) is 47.4 Å². The van der Waals surface area contributed by atoms with E-state index in [-0.39, 0.29) is 5.97 Å².